The summed E-state index contributed by atoms with van der Waals surface area (Å²) in [4.78, 5) is 4.31. The highest BCUT2D eigenvalue weighted by atomic mass is 16.5. The fraction of sp³-hybridized carbons (Fsp3) is 0.600. The Morgan fingerprint density at radius 2 is 2.35 bits per heavy atom. The molecule has 2 aromatic heterocycles. The molecule has 1 aliphatic carbocycles. The minimum absolute atomic E-state index is 0.0745. The highest BCUT2D eigenvalue weighted by Gasteiger charge is 2.28. The standard InChI is InChI=1S/C10H13N5O2/c16-4-3-8-5-15(14-12-8)6-9-11-10(13-17-9)7-1-2-7/h5,7,16H,1-4,6H2. The number of rotatable bonds is 5. The lowest BCUT2D eigenvalue weighted by atomic mass is 10.3. The van der Waals surface area contributed by atoms with Crippen molar-refractivity contribution in [3.05, 3.63) is 23.6 Å². The molecule has 1 aliphatic rings. The molecule has 1 N–H and O–H groups in total. The molecule has 0 unspecified atom stereocenters. The van der Waals surface area contributed by atoms with Crippen LogP contribution in [-0.2, 0) is 13.0 Å². The summed E-state index contributed by atoms with van der Waals surface area (Å²) in [6.45, 7) is 0.503. The van der Waals surface area contributed by atoms with E-state index in [2.05, 4.69) is 20.5 Å². The fourth-order valence-electron chi connectivity index (χ4n) is 1.62. The molecule has 17 heavy (non-hydrogen) atoms. The zero-order chi connectivity index (χ0) is 11.7. The molecule has 1 saturated carbocycles. The van der Waals surface area contributed by atoms with Gasteiger partial charge in [-0.25, -0.2) is 4.68 Å². The minimum atomic E-state index is 0.0745. The molecule has 0 radical (unpaired) electrons. The first kappa shape index (κ1) is 10.4. The van der Waals surface area contributed by atoms with Gasteiger partial charge >= 0.3 is 0 Å². The molecule has 0 bridgehead atoms. The summed E-state index contributed by atoms with van der Waals surface area (Å²) in [5, 5.41) is 20.5. The third-order valence-electron chi connectivity index (χ3n) is 2.68. The minimum Gasteiger partial charge on any atom is -0.396 e. The Balaban J connectivity index is 1.67. The van der Waals surface area contributed by atoms with Gasteiger partial charge in [-0.2, -0.15) is 4.98 Å². The summed E-state index contributed by atoms with van der Waals surface area (Å²) in [6, 6.07) is 0. The van der Waals surface area contributed by atoms with Crippen LogP contribution in [0.2, 0.25) is 0 Å². The van der Waals surface area contributed by atoms with Crippen LogP contribution in [0.3, 0.4) is 0 Å². The van der Waals surface area contributed by atoms with E-state index in [9.17, 15) is 0 Å². The van der Waals surface area contributed by atoms with E-state index in [0.29, 0.717) is 24.8 Å². The largest absolute Gasteiger partial charge is 0.396 e. The SMILES string of the molecule is OCCc1cn(Cc2nc(C3CC3)no2)nn1. The molecule has 0 spiro atoms. The molecule has 0 saturated heterocycles. The van der Waals surface area contributed by atoms with Crippen molar-refractivity contribution in [3.8, 4) is 0 Å². The summed E-state index contributed by atoms with van der Waals surface area (Å²) in [7, 11) is 0. The topological polar surface area (TPSA) is 89.9 Å². The molecule has 0 aromatic carbocycles. The number of aliphatic hydroxyl groups excluding tert-OH is 1. The molecule has 1 fully saturated rings. The van der Waals surface area contributed by atoms with Crippen molar-refractivity contribution in [3.63, 3.8) is 0 Å². The van der Waals surface area contributed by atoms with E-state index in [1.807, 2.05) is 0 Å². The maximum Gasteiger partial charge on any atom is 0.248 e. The first-order chi connectivity index (χ1) is 8.35. The second kappa shape index (κ2) is 4.25. The van der Waals surface area contributed by atoms with Crippen LogP contribution in [0, 0.1) is 0 Å². The van der Waals surface area contributed by atoms with Crippen molar-refractivity contribution in [2.24, 2.45) is 0 Å². The molecule has 0 aliphatic heterocycles. The fourth-order valence-corrected chi connectivity index (χ4v) is 1.62. The van der Waals surface area contributed by atoms with Crippen molar-refractivity contribution in [2.45, 2.75) is 31.7 Å². The van der Waals surface area contributed by atoms with E-state index in [1.165, 1.54) is 0 Å². The summed E-state index contributed by atoms with van der Waals surface area (Å²) in [6.07, 6.45) is 4.60. The zero-order valence-electron chi connectivity index (χ0n) is 9.28. The van der Waals surface area contributed by atoms with Gasteiger partial charge in [-0.1, -0.05) is 10.4 Å². The van der Waals surface area contributed by atoms with E-state index in [1.54, 1.807) is 10.9 Å². The van der Waals surface area contributed by atoms with Crippen molar-refractivity contribution in [1.29, 1.82) is 0 Å². The zero-order valence-corrected chi connectivity index (χ0v) is 9.28. The Morgan fingerprint density at radius 3 is 3.12 bits per heavy atom. The van der Waals surface area contributed by atoms with Gasteiger partial charge in [-0.3, -0.25) is 0 Å². The lowest BCUT2D eigenvalue weighted by Crippen LogP contribution is -2.00. The maximum absolute atomic E-state index is 8.77. The molecule has 2 aromatic rings. The summed E-state index contributed by atoms with van der Waals surface area (Å²) >= 11 is 0. The third kappa shape index (κ3) is 2.33. The molecule has 7 nitrogen and oxygen atoms in total. The van der Waals surface area contributed by atoms with Crippen LogP contribution in [0.5, 0.6) is 0 Å². The van der Waals surface area contributed by atoms with Crippen molar-refractivity contribution in [2.75, 3.05) is 6.61 Å². The Labute approximate surface area is 97.4 Å². The van der Waals surface area contributed by atoms with Crippen LogP contribution in [0.4, 0.5) is 0 Å². The second-order valence-electron chi connectivity index (χ2n) is 4.20. The van der Waals surface area contributed by atoms with Gasteiger partial charge < -0.3 is 9.63 Å². The Bertz CT molecular complexity index is 502. The Morgan fingerprint density at radius 1 is 1.47 bits per heavy atom. The Hall–Kier alpha value is -1.76. The number of nitrogens with zero attached hydrogens (tertiary/aromatic N) is 5. The van der Waals surface area contributed by atoms with E-state index < -0.39 is 0 Å². The van der Waals surface area contributed by atoms with Crippen LogP contribution < -0.4 is 0 Å². The van der Waals surface area contributed by atoms with Crippen LogP contribution in [0.25, 0.3) is 0 Å². The van der Waals surface area contributed by atoms with Gasteiger partial charge in [0, 0.05) is 25.1 Å². The predicted molar refractivity (Wildman–Crippen MR) is 56.2 cm³/mol. The normalized spacial score (nSPS) is 15.4. The number of hydrogen-bond donors (Lipinski definition) is 1. The first-order valence-electron chi connectivity index (χ1n) is 5.67. The summed E-state index contributed by atoms with van der Waals surface area (Å²) in [5.74, 6) is 1.84. The number of hydrogen-bond acceptors (Lipinski definition) is 6. The smallest absolute Gasteiger partial charge is 0.248 e. The van der Waals surface area contributed by atoms with Gasteiger partial charge in [-0.05, 0) is 12.8 Å². The molecular formula is C10H13N5O2. The van der Waals surface area contributed by atoms with Crippen LogP contribution in [0.15, 0.2) is 10.7 Å². The monoisotopic (exact) mass is 235 g/mol. The van der Waals surface area contributed by atoms with Crippen molar-refractivity contribution in [1.82, 2.24) is 25.1 Å². The van der Waals surface area contributed by atoms with E-state index in [0.717, 1.165) is 24.4 Å². The quantitative estimate of drug-likeness (QED) is 0.791. The second-order valence-corrected chi connectivity index (χ2v) is 4.20. The van der Waals surface area contributed by atoms with E-state index >= 15 is 0 Å². The number of aliphatic hydroxyl groups is 1. The summed E-state index contributed by atoms with van der Waals surface area (Å²) < 4.78 is 6.77. The van der Waals surface area contributed by atoms with Crippen LogP contribution >= 0.6 is 0 Å². The molecular weight excluding hydrogens is 222 g/mol. The highest BCUT2D eigenvalue weighted by Crippen LogP contribution is 2.38. The number of aromatic nitrogens is 5. The predicted octanol–water partition coefficient (Wildman–Crippen LogP) is 0.122. The van der Waals surface area contributed by atoms with Crippen molar-refractivity contribution >= 4 is 0 Å². The van der Waals surface area contributed by atoms with Gasteiger partial charge in [0.15, 0.2) is 5.82 Å². The van der Waals surface area contributed by atoms with E-state index in [4.69, 9.17) is 9.63 Å². The summed E-state index contributed by atoms with van der Waals surface area (Å²) in [5.41, 5.74) is 0.759. The lowest BCUT2D eigenvalue weighted by molar-refractivity contribution is 0.298. The van der Waals surface area contributed by atoms with Gasteiger partial charge in [0.2, 0.25) is 5.89 Å². The van der Waals surface area contributed by atoms with Crippen LogP contribution in [0.1, 0.15) is 36.2 Å². The maximum atomic E-state index is 8.77. The molecule has 0 atom stereocenters. The van der Waals surface area contributed by atoms with Gasteiger partial charge in [0.1, 0.15) is 6.54 Å². The Kier molecular flexibility index (Phi) is 2.60. The average molecular weight is 235 g/mol. The van der Waals surface area contributed by atoms with Crippen molar-refractivity contribution < 1.29 is 9.63 Å². The third-order valence-corrected chi connectivity index (χ3v) is 2.68. The molecule has 0 amide bonds. The van der Waals surface area contributed by atoms with Crippen LogP contribution in [-0.4, -0.2) is 36.8 Å². The molecule has 3 rings (SSSR count). The van der Waals surface area contributed by atoms with Gasteiger partial charge in [0.25, 0.3) is 0 Å². The first-order valence-corrected chi connectivity index (χ1v) is 5.67. The van der Waals surface area contributed by atoms with Gasteiger partial charge in [0.05, 0.1) is 5.69 Å². The lowest BCUT2D eigenvalue weighted by Gasteiger charge is -1.92. The molecule has 90 valence electrons. The van der Waals surface area contributed by atoms with E-state index in [-0.39, 0.29) is 6.61 Å². The van der Waals surface area contributed by atoms with Gasteiger partial charge in [-0.15, -0.1) is 5.10 Å². The molecule has 7 heteroatoms. The molecule has 2 heterocycles. The average Bonchev–Trinajstić information content (AvgIpc) is 2.92. The highest BCUT2D eigenvalue weighted by molar-refractivity contribution is 5.03.